The summed E-state index contributed by atoms with van der Waals surface area (Å²) >= 11 is 0. The Morgan fingerprint density at radius 1 is 1.17 bits per heavy atom. The van der Waals surface area contributed by atoms with Crippen molar-refractivity contribution in [3.63, 3.8) is 0 Å². The Morgan fingerprint density at radius 2 is 1.83 bits per heavy atom. The van der Waals surface area contributed by atoms with Crippen LogP contribution in [0.25, 0.3) is 5.69 Å². The molecule has 2 aromatic carbocycles. The van der Waals surface area contributed by atoms with Crippen LogP contribution in [0, 0.1) is 30.0 Å². The molecule has 3 rings (SSSR count). The van der Waals surface area contributed by atoms with Crippen molar-refractivity contribution < 1.29 is 14.0 Å². The van der Waals surface area contributed by atoms with Gasteiger partial charge in [-0.2, -0.15) is 10.4 Å². The molecule has 1 atom stereocenters. The summed E-state index contributed by atoms with van der Waals surface area (Å²) in [6.07, 6.45) is 2.18. The summed E-state index contributed by atoms with van der Waals surface area (Å²) in [4.78, 5) is 25.3. The monoisotopic (exact) mass is 390 g/mol. The van der Waals surface area contributed by atoms with Crippen LogP contribution in [0.2, 0.25) is 0 Å². The Kier molecular flexibility index (Phi) is 5.84. The molecule has 3 aromatic rings. The molecule has 0 bridgehead atoms. The molecule has 1 aromatic heterocycles. The van der Waals surface area contributed by atoms with Gasteiger partial charge in [-0.15, -0.1) is 0 Å². The quantitative estimate of drug-likeness (QED) is 0.512. The van der Waals surface area contributed by atoms with Crippen LogP contribution in [0.4, 0.5) is 10.1 Å². The number of nitrogens with one attached hydrogen (secondary N) is 1. The maximum Gasteiger partial charge on any atom is 0.249 e. The molecule has 146 valence electrons. The first-order chi connectivity index (χ1) is 13.9. The molecule has 1 amide bonds. The first-order valence-corrected chi connectivity index (χ1v) is 9.08. The van der Waals surface area contributed by atoms with E-state index in [0.29, 0.717) is 17.1 Å². The van der Waals surface area contributed by atoms with Gasteiger partial charge in [-0.3, -0.25) is 9.59 Å². The molecule has 1 heterocycles. The number of anilines is 1. The van der Waals surface area contributed by atoms with E-state index < -0.39 is 17.6 Å². The topological polar surface area (TPSA) is 87.8 Å². The van der Waals surface area contributed by atoms with Crippen molar-refractivity contribution in [2.75, 3.05) is 5.32 Å². The van der Waals surface area contributed by atoms with Crippen molar-refractivity contribution in [1.29, 1.82) is 5.26 Å². The molecule has 0 spiro atoms. The van der Waals surface area contributed by atoms with E-state index in [1.165, 1.54) is 35.1 Å². The normalized spacial score (nSPS) is 11.5. The summed E-state index contributed by atoms with van der Waals surface area (Å²) in [5, 5.41) is 16.2. The lowest BCUT2D eigenvalue weighted by molar-refractivity contribution is -0.117. The third-order valence-corrected chi connectivity index (χ3v) is 4.63. The van der Waals surface area contributed by atoms with E-state index in [0.717, 1.165) is 12.0 Å². The molecule has 0 saturated carbocycles. The standard InChI is InChI=1S/C22H19FN4O2/c1-3-15-4-8-17(9-5-15)26-22(29)19(12-24)21(28)20-13-25-27(14(20)2)18-10-6-16(23)7-11-18/h4-11,13,19H,3H2,1-2H3,(H,26,29). The second-order valence-corrected chi connectivity index (χ2v) is 6.50. The molecule has 1 N–H and O–H groups in total. The molecule has 0 radical (unpaired) electrons. The van der Waals surface area contributed by atoms with Crippen molar-refractivity contribution >= 4 is 17.4 Å². The molecule has 0 aliphatic carbocycles. The van der Waals surface area contributed by atoms with Crippen LogP contribution in [-0.2, 0) is 11.2 Å². The molecule has 0 fully saturated rings. The second kappa shape index (κ2) is 8.48. The summed E-state index contributed by atoms with van der Waals surface area (Å²) in [6.45, 7) is 3.67. The average Bonchev–Trinajstić information content (AvgIpc) is 3.11. The number of carbonyl (C=O) groups is 2. The summed E-state index contributed by atoms with van der Waals surface area (Å²) < 4.78 is 14.6. The number of amides is 1. The Labute approximate surface area is 167 Å². The molecule has 0 aliphatic rings. The minimum Gasteiger partial charge on any atom is -0.325 e. The van der Waals surface area contributed by atoms with Crippen LogP contribution < -0.4 is 5.32 Å². The molecule has 29 heavy (non-hydrogen) atoms. The Bertz CT molecular complexity index is 1080. The molecule has 0 aliphatic heterocycles. The molecule has 1 unspecified atom stereocenters. The molecular weight excluding hydrogens is 371 g/mol. The van der Waals surface area contributed by atoms with E-state index in [4.69, 9.17) is 0 Å². The van der Waals surface area contributed by atoms with E-state index >= 15 is 0 Å². The van der Waals surface area contributed by atoms with E-state index in [-0.39, 0.29) is 11.4 Å². The van der Waals surface area contributed by atoms with Crippen molar-refractivity contribution in [3.8, 4) is 11.8 Å². The number of aryl methyl sites for hydroxylation is 1. The van der Waals surface area contributed by atoms with Crippen molar-refractivity contribution in [2.45, 2.75) is 20.3 Å². The van der Waals surface area contributed by atoms with E-state index in [9.17, 15) is 19.2 Å². The average molecular weight is 390 g/mol. The van der Waals surface area contributed by atoms with Gasteiger partial charge in [0.25, 0.3) is 0 Å². The lowest BCUT2D eigenvalue weighted by Crippen LogP contribution is -2.29. The Hall–Kier alpha value is -3.79. The summed E-state index contributed by atoms with van der Waals surface area (Å²) in [6, 6.07) is 14.6. The second-order valence-electron chi connectivity index (χ2n) is 6.50. The van der Waals surface area contributed by atoms with Crippen LogP contribution in [0.1, 0.15) is 28.5 Å². The molecule has 7 heteroatoms. The predicted octanol–water partition coefficient (Wildman–Crippen LogP) is 3.84. The van der Waals surface area contributed by atoms with Crippen LogP contribution in [0.15, 0.2) is 54.7 Å². The van der Waals surface area contributed by atoms with Gasteiger partial charge in [0.2, 0.25) is 5.91 Å². The van der Waals surface area contributed by atoms with E-state index in [2.05, 4.69) is 10.4 Å². The van der Waals surface area contributed by atoms with Crippen molar-refractivity contribution in [2.24, 2.45) is 5.92 Å². The number of nitrogens with zero attached hydrogens (tertiary/aromatic N) is 3. The number of Topliss-reactive ketones (excluding diaryl/α,β-unsaturated/α-hetero) is 1. The van der Waals surface area contributed by atoms with Gasteiger partial charge in [-0.1, -0.05) is 19.1 Å². The fourth-order valence-electron chi connectivity index (χ4n) is 2.92. The first-order valence-electron chi connectivity index (χ1n) is 9.08. The van der Waals surface area contributed by atoms with Gasteiger partial charge >= 0.3 is 0 Å². The largest absolute Gasteiger partial charge is 0.325 e. The molecular formula is C22H19FN4O2. The zero-order chi connectivity index (χ0) is 21.0. The van der Waals surface area contributed by atoms with Gasteiger partial charge in [0.05, 0.1) is 29.2 Å². The smallest absolute Gasteiger partial charge is 0.249 e. The number of halogens is 1. The van der Waals surface area contributed by atoms with Gasteiger partial charge in [0.15, 0.2) is 11.7 Å². The predicted molar refractivity (Wildman–Crippen MR) is 106 cm³/mol. The SMILES string of the molecule is CCc1ccc(NC(=O)C(C#N)C(=O)c2cnn(-c3ccc(F)cc3)c2C)cc1. The highest BCUT2D eigenvalue weighted by Gasteiger charge is 2.30. The van der Waals surface area contributed by atoms with Gasteiger partial charge in [0, 0.05) is 5.69 Å². The van der Waals surface area contributed by atoms with Crippen molar-refractivity contribution in [1.82, 2.24) is 9.78 Å². The van der Waals surface area contributed by atoms with Gasteiger partial charge in [-0.25, -0.2) is 9.07 Å². The minimum absolute atomic E-state index is 0.164. The van der Waals surface area contributed by atoms with Crippen LogP contribution in [0.3, 0.4) is 0 Å². The minimum atomic E-state index is -1.51. The number of aromatic nitrogens is 2. The van der Waals surface area contributed by atoms with Crippen LogP contribution in [-0.4, -0.2) is 21.5 Å². The number of hydrogen-bond acceptors (Lipinski definition) is 4. The fourth-order valence-corrected chi connectivity index (χ4v) is 2.92. The maximum atomic E-state index is 13.1. The zero-order valence-electron chi connectivity index (χ0n) is 16.0. The van der Waals surface area contributed by atoms with Gasteiger partial charge in [-0.05, 0) is 55.3 Å². The summed E-state index contributed by atoms with van der Waals surface area (Å²) in [7, 11) is 0. The first kappa shape index (κ1) is 20.0. The highest BCUT2D eigenvalue weighted by molar-refractivity contribution is 6.15. The molecule has 6 nitrogen and oxygen atoms in total. The number of hydrogen-bond donors (Lipinski definition) is 1. The zero-order valence-corrected chi connectivity index (χ0v) is 16.0. The van der Waals surface area contributed by atoms with Crippen LogP contribution >= 0.6 is 0 Å². The third-order valence-electron chi connectivity index (χ3n) is 4.63. The molecule has 0 saturated heterocycles. The highest BCUT2D eigenvalue weighted by Crippen LogP contribution is 2.19. The Balaban J connectivity index is 1.81. The Morgan fingerprint density at radius 3 is 2.41 bits per heavy atom. The van der Waals surface area contributed by atoms with E-state index in [1.54, 1.807) is 25.1 Å². The summed E-state index contributed by atoms with van der Waals surface area (Å²) in [5.74, 6) is -3.23. The highest BCUT2D eigenvalue weighted by atomic mass is 19.1. The van der Waals surface area contributed by atoms with Crippen LogP contribution in [0.5, 0.6) is 0 Å². The lowest BCUT2D eigenvalue weighted by atomic mass is 9.98. The maximum absolute atomic E-state index is 13.1. The number of rotatable bonds is 6. The number of carbonyl (C=O) groups excluding carboxylic acids is 2. The fraction of sp³-hybridized carbons (Fsp3) is 0.182. The van der Waals surface area contributed by atoms with E-state index in [1.807, 2.05) is 19.1 Å². The lowest BCUT2D eigenvalue weighted by Gasteiger charge is -2.10. The van der Waals surface area contributed by atoms with Crippen molar-refractivity contribution in [3.05, 3.63) is 77.4 Å². The third kappa shape index (κ3) is 4.22. The number of benzene rings is 2. The van der Waals surface area contributed by atoms with Gasteiger partial charge in [0.1, 0.15) is 5.82 Å². The number of ketones is 1. The van der Waals surface area contributed by atoms with Gasteiger partial charge < -0.3 is 5.32 Å². The number of nitriles is 1. The summed E-state index contributed by atoms with van der Waals surface area (Å²) in [5.41, 5.74) is 2.81.